The Morgan fingerprint density at radius 2 is 1.88 bits per heavy atom. The van der Waals surface area contributed by atoms with Crippen molar-refractivity contribution in [2.75, 3.05) is 6.54 Å². The third-order valence-corrected chi connectivity index (χ3v) is 4.86. The van der Waals surface area contributed by atoms with Gasteiger partial charge in [0.05, 0.1) is 12.6 Å². The molecular weight excluding hydrogens is 453 g/mol. The number of aromatic nitrogens is 3. The molecule has 0 aliphatic heterocycles. The van der Waals surface area contributed by atoms with E-state index in [4.69, 9.17) is 9.84 Å². The summed E-state index contributed by atoms with van der Waals surface area (Å²) in [5, 5.41) is 11.2. The number of hydrogen-bond donors (Lipinski definition) is 2. The van der Waals surface area contributed by atoms with Gasteiger partial charge in [-0.2, -0.15) is 13.2 Å². The van der Waals surface area contributed by atoms with Gasteiger partial charge in [0.1, 0.15) is 24.0 Å². The van der Waals surface area contributed by atoms with Crippen LogP contribution in [0.15, 0.2) is 55.1 Å². The molecular formula is C23H23F3N4O4. The fourth-order valence-corrected chi connectivity index (χ4v) is 3.14. The van der Waals surface area contributed by atoms with Gasteiger partial charge in [-0.05, 0) is 36.2 Å². The average Bonchev–Trinajstić information content (AvgIpc) is 3.30. The van der Waals surface area contributed by atoms with Crippen molar-refractivity contribution >= 4 is 11.9 Å². The van der Waals surface area contributed by atoms with Gasteiger partial charge < -0.3 is 15.2 Å². The molecule has 34 heavy (non-hydrogen) atoms. The third kappa shape index (κ3) is 6.56. The number of nitrogens with one attached hydrogen (secondary N) is 1. The Balaban J connectivity index is 1.67. The second-order valence-corrected chi connectivity index (χ2v) is 7.43. The number of benzene rings is 1. The van der Waals surface area contributed by atoms with Crippen LogP contribution in [-0.4, -0.2) is 38.1 Å². The van der Waals surface area contributed by atoms with Crippen LogP contribution in [0.25, 0.3) is 5.82 Å². The van der Waals surface area contributed by atoms with Crippen LogP contribution in [-0.2, 0) is 11.0 Å². The van der Waals surface area contributed by atoms with E-state index in [0.29, 0.717) is 17.7 Å². The fourth-order valence-electron chi connectivity index (χ4n) is 3.14. The maximum atomic E-state index is 12.8. The van der Waals surface area contributed by atoms with Gasteiger partial charge in [-0.25, -0.2) is 9.97 Å². The zero-order valence-electron chi connectivity index (χ0n) is 18.2. The summed E-state index contributed by atoms with van der Waals surface area (Å²) in [4.78, 5) is 30.2. The maximum Gasteiger partial charge on any atom is 0.434 e. The second kappa shape index (κ2) is 10.8. The van der Waals surface area contributed by atoms with Crippen molar-refractivity contribution in [1.29, 1.82) is 0 Å². The minimum Gasteiger partial charge on any atom is -0.484 e. The number of rotatable bonds is 10. The molecule has 0 aliphatic carbocycles. The maximum absolute atomic E-state index is 12.8. The number of carboxylic acids is 1. The van der Waals surface area contributed by atoms with E-state index in [2.05, 4.69) is 15.3 Å². The molecule has 8 nitrogen and oxygen atoms in total. The van der Waals surface area contributed by atoms with E-state index in [1.807, 2.05) is 6.92 Å². The monoisotopic (exact) mass is 476 g/mol. The lowest BCUT2D eigenvalue weighted by atomic mass is 10.0. The van der Waals surface area contributed by atoms with Gasteiger partial charge in [-0.15, -0.1) is 0 Å². The Hall–Kier alpha value is -3.89. The predicted octanol–water partition coefficient (Wildman–Crippen LogP) is 4.41. The standard InChI is InChI=1S/C23H23F3N4O4/c1-2-3-18(15-4-6-16(7-5-15)22(33)27-11-10-21(31)32)34-17-8-9-20(28-12-17)30-13-19(29-14-30)23(24,25)26/h4-9,12-14,18H,2-3,10-11H2,1H3,(H,27,33)(H,31,32). The van der Waals surface area contributed by atoms with E-state index in [-0.39, 0.29) is 30.8 Å². The number of pyridine rings is 1. The van der Waals surface area contributed by atoms with Crippen molar-refractivity contribution in [2.24, 2.45) is 0 Å². The number of carbonyl (C=O) groups is 2. The quantitative estimate of drug-likeness (QED) is 0.449. The summed E-state index contributed by atoms with van der Waals surface area (Å²) in [6.07, 6.45) is -0.177. The van der Waals surface area contributed by atoms with Gasteiger partial charge in [0, 0.05) is 18.3 Å². The summed E-state index contributed by atoms with van der Waals surface area (Å²) < 4.78 is 45.5. The van der Waals surface area contributed by atoms with Crippen molar-refractivity contribution in [3.05, 3.63) is 71.9 Å². The van der Waals surface area contributed by atoms with Gasteiger partial charge in [-0.3, -0.25) is 14.2 Å². The van der Waals surface area contributed by atoms with Crippen molar-refractivity contribution < 1.29 is 32.6 Å². The lowest BCUT2D eigenvalue weighted by Gasteiger charge is -2.19. The highest BCUT2D eigenvalue weighted by molar-refractivity contribution is 5.94. The number of nitrogens with zero attached hydrogens (tertiary/aromatic N) is 3. The van der Waals surface area contributed by atoms with E-state index in [1.54, 1.807) is 30.3 Å². The average molecular weight is 476 g/mol. The van der Waals surface area contributed by atoms with Gasteiger partial charge in [0.15, 0.2) is 5.69 Å². The number of imidazole rings is 1. The first-order valence-electron chi connectivity index (χ1n) is 10.5. The fraction of sp³-hybridized carbons (Fsp3) is 0.304. The highest BCUT2D eigenvalue weighted by Crippen LogP contribution is 2.29. The van der Waals surface area contributed by atoms with Gasteiger partial charge >= 0.3 is 12.1 Å². The highest BCUT2D eigenvalue weighted by Gasteiger charge is 2.33. The summed E-state index contributed by atoms with van der Waals surface area (Å²) in [6, 6.07) is 9.94. The largest absolute Gasteiger partial charge is 0.484 e. The van der Waals surface area contributed by atoms with Crippen molar-refractivity contribution in [3.8, 4) is 11.6 Å². The molecule has 1 unspecified atom stereocenters. The minimum absolute atomic E-state index is 0.0388. The molecule has 11 heteroatoms. The molecule has 1 aromatic carbocycles. The van der Waals surface area contributed by atoms with Crippen molar-refractivity contribution in [2.45, 2.75) is 38.5 Å². The SMILES string of the molecule is CCCC(Oc1ccc(-n2cnc(C(F)(F)F)c2)nc1)c1ccc(C(=O)NCCC(=O)O)cc1. The topological polar surface area (TPSA) is 106 Å². The number of hydrogen-bond acceptors (Lipinski definition) is 5. The Bertz CT molecular complexity index is 1110. The number of halogens is 3. The lowest BCUT2D eigenvalue weighted by molar-refractivity contribution is -0.141. The lowest BCUT2D eigenvalue weighted by Crippen LogP contribution is -2.26. The van der Waals surface area contributed by atoms with E-state index >= 15 is 0 Å². The predicted molar refractivity (Wildman–Crippen MR) is 116 cm³/mol. The van der Waals surface area contributed by atoms with Crippen LogP contribution in [0.4, 0.5) is 13.2 Å². The molecule has 1 amide bonds. The van der Waals surface area contributed by atoms with Gasteiger partial charge in [0.2, 0.25) is 0 Å². The van der Waals surface area contributed by atoms with E-state index in [0.717, 1.165) is 24.5 Å². The highest BCUT2D eigenvalue weighted by atomic mass is 19.4. The third-order valence-electron chi connectivity index (χ3n) is 4.86. The summed E-state index contributed by atoms with van der Waals surface area (Å²) in [6.45, 7) is 2.04. The van der Waals surface area contributed by atoms with E-state index < -0.39 is 17.8 Å². The molecule has 0 saturated carbocycles. The Morgan fingerprint density at radius 3 is 2.44 bits per heavy atom. The first-order valence-corrected chi connectivity index (χ1v) is 10.5. The number of carboxylic acid groups (broad SMARTS) is 1. The molecule has 3 aromatic rings. The molecule has 180 valence electrons. The summed E-state index contributed by atoms with van der Waals surface area (Å²) in [5.41, 5.74) is 0.225. The first-order chi connectivity index (χ1) is 16.2. The van der Waals surface area contributed by atoms with Crippen LogP contribution in [0, 0.1) is 0 Å². The number of amides is 1. The molecule has 0 fully saturated rings. The number of ether oxygens (including phenoxy) is 1. The Labute approximate surface area is 193 Å². The molecule has 3 rings (SSSR count). The molecule has 2 aromatic heterocycles. The summed E-state index contributed by atoms with van der Waals surface area (Å²) in [7, 11) is 0. The molecule has 2 heterocycles. The normalized spacial score (nSPS) is 12.2. The zero-order valence-corrected chi connectivity index (χ0v) is 18.2. The Morgan fingerprint density at radius 1 is 1.15 bits per heavy atom. The van der Waals surface area contributed by atoms with E-state index in [1.165, 1.54) is 16.8 Å². The number of aliphatic carboxylic acids is 1. The first kappa shape index (κ1) is 24.7. The van der Waals surface area contributed by atoms with Crippen LogP contribution in [0.5, 0.6) is 5.75 Å². The van der Waals surface area contributed by atoms with Crippen LogP contribution >= 0.6 is 0 Å². The molecule has 0 spiro atoms. The van der Waals surface area contributed by atoms with Gasteiger partial charge in [0.25, 0.3) is 5.91 Å². The number of alkyl halides is 3. The zero-order chi connectivity index (χ0) is 24.7. The number of carbonyl (C=O) groups excluding carboxylic acids is 1. The van der Waals surface area contributed by atoms with Gasteiger partial charge in [-0.1, -0.05) is 25.5 Å². The smallest absolute Gasteiger partial charge is 0.434 e. The molecule has 0 radical (unpaired) electrons. The summed E-state index contributed by atoms with van der Waals surface area (Å²) in [5.74, 6) is -0.656. The van der Waals surface area contributed by atoms with Crippen LogP contribution in [0.2, 0.25) is 0 Å². The molecule has 1 atom stereocenters. The molecule has 0 bridgehead atoms. The van der Waals surface area contributed by atoms with Crippen molar-refractivity contribution in [3.63, 3.8) is 0 Å². The van der Waals surface area contributed by atoms with Crippen LogP contribution in [0.1, 0.15) is 53.9 Å². The molecule has 2 N–H and O–H groups in total. The minimum atomic E-state index is -4.53. The van der Waals surface area contributed by atoms with Crippen LogP contribution in [0.3, 0.4) is 0 Å². The molecule has 0 saturated heterocycles. The molecule has 0 aliphatic rings. The van der Waals surface area contributed by atoms with Crippen LogP contribution < -0.4 is 10.1 Å². The Kier molecular flexibility index (Phi) is 7.87. The van der Waals surface area contributed by atoms with E-state index in [9.17, 15) is 22.8 Å². The second-order valence-electron chi connectivity index (χ2n) is 7.43. The van der Waals surface area contributed by atoms with Crippen molar-refractivity contribution in [1.82, 2.24) is 19.9 Å². The summed E-state index contributed by atoms with van der Waals surface area (Å²) >= 11 is 0.